The summed E-state index contributed by atoms with van der Waals surface area (Å²) >= 11 is 2.21. The van der Waals surface area contributed by atoms with E-state index in [-0.39, 0.29) is 34.9 Å². The Morgan fingerprint density at radius 1 is 0.933 bits per heavy atom. The third-order valence-electron chi connectivity index (χ3n) is 8.90. The molecule has 3 aliphatic rings. The van der Waals surface area contributed by atoms with Crippen LogP contribution in [0.5, 0.6) is 11.5 Å². The fourth-order valence-corrected chi connectivity index (χ4v) is 7.85. The number of para-hydroxylation sites is 1. The second kappa shape index (κ2) is 12.9. The van der Waals surface area contributed by atoms with Gasteiger partial charge in [0.2, 0.25) is 0 Å². The van der Waals surface area contributed by atoms with Crippen LogP contribution in [0.25, 0.3) is 0 Å². The summed E-state index contributed by atoms with van der Waals surface area (Å²) in [4.78, 5) is 43.3. The van der Waals surface area contributed by atoms with Crippen molar-refractivity contribution >= 4 is 45.8 Å². The third-order valence-corrected chi connectivity index (χ3v) is 9.70. The van der Waals surface area contributed by atoms with E-state index < -0.39 is 5.92 Å². The minimum Gasteiger partial charge on any atom is -0.490 e. The molecule has 240 valence electrons. The van der Waals surface area contributed by atoms with Gasteiger partial charge in [-0.2, -0.15) is 0 Å². The molecule has 5 rings (SSSR count). The fourth-order valence-electron chi connectivity index (χ4n) is 7.07. The van der Waals surface area contributed by atoms with Crippen LogP contribution in [0, 0.1) is 21.3 Å². The Bertz CT molecular complexity index is 1550. The summed E-state index contributed by atoms with van der Waals surface area (Å²) in [6.45, 7) is 15.6. The van der Waals surface area contributed by atoms with E-state index in [2.05, 4.69) is 67.4 Å². The molecule has 0 aromatic heterocycles. The molecule has 1 heterocycles. The van der Waals surface area contributed by atoms with Crippen LogP contribution in [-0.2, 0) is 14.4 Å². The number of hydrogen-bond donors (Lipinski definition) is 1. The van der Waals surface area contributed by atoms with Crippen LogP contribution in [0.4, 0.5) is 5.69 Å². The lowest BCUT2D eigenvalue weighted by Crippen LogP contribution is -2.44. The Balaban J connectivity index is 1.58. The largest absolute Gasteiger partial charge is 0.490 e. The van der Waals surface area contributed by atoms with E-state index in [1.807, 2.05) is 50.2 Å². The van der Waals surface area contributed by atoms with E-state index in [0.29, 0.717) is 30.9 Å². The van der Waals surface area contributed by atoms with Crippen molar-refractivity contribution in [3.8, 4) is 11.5 Å². The van der Waals surface area contributed by atoms with Gasteiger partial charge in [-0.1, -0.05) is 52.8 Å². The minimum absolute atomic E-state index is 0.109. The lowest BCUT2D eigenvalue weighted by atomic mass is 9.63. The first-order chi connectivity index (χ1) is 21.2. The number of ketones is 2. The summed E-state index contributed by atoms with van der Waals surface area (Å²) in [6.07, 6.45) is 3.36. The van der Waals surface area contributed by atoms with Crippen molar-refractivity contribution in [2.24, 2.45) is 10.8 Å². The van der Waals surface area contributed by atoms with Crippen molar-refractivity contribution in [1.82, 2.24) is 4.90 Å². The number of rotatable bonds is 9. The standard InChI is InChI=1S/C37H45IN2O5/c1-8-14-40-26-17-36(4,5)19-28(41)33(26)32(34-27(40)18-37(6,7)20-29(34)42)23-15-24(38)35(30(16-23)44-9-2)45-21-31(43)39-25-13-11-10-12-22(25)3/h10-13,15-16,32H,8-9,14,17-21H2,1-7H3,(H,39,43). The average molecular weight is 725 g/mol. The predicted octanol–water partition coefficient (Wildman–Crippen LogP) is 8.11. The number of hydrogen-bond acceptors (Lipinski definition) is 6. The van der Waals surface area contributed by atoms with Gasteiger partial charge in [0.25, 0.3) is 5.91 Å². The van der Waals surface area contributed by atoms with E-state index in [9.17, 15) is 14.4 Å². The van der Waals surface area contributed by atoms with E-state index in [0.717, 1.165) is 68.7 Å². The number of allylic oxidation sites excluding steroid dienone is 4. The molecule has 0 saturated heterocycles. The summed E-state index contributed by atoms with van der Waals surface area (Å²) in [5.74, 6) is 0.443. The van der Waals surface area contributed by atoms with Crippen molar-refractivity contribution in [2.45, 2.75) is 86.5 Å². The van der Waals surface area contributed by atoms with Crippen molar-refractivity contribution in [1.29, 1.82) is 0 Å². The highest BCUT2D eigenvalue weighted by molar-refractivity contribution is 14.1. The van der Waals surface area contributed by atoms with Crippen LogP contribution in [0.1, 0.15) is 90.7 Å². The number of amides is 1. The van der Waals surface area contributed by atoms with E-state index in [1.54, 1.807) is 0 Å². The molecule has 8 heteroatoms. The lowest BCUT2D eigenvalue weighted by Gasteiger charge is -2.49. The number of halogens is 1. The molecule has 2 aromatic rings. The fraction of sp³-hybridized carbons (Fsp3) is 0.486. The zero-order chi connectivity index (χ0) is 32.7. The molecule has 1 N–H and O–H groups in total. The van der Waals surface area contributed by atoms with Gasteiger partial charge >= 0.3 is 0 Å². The Morgan fingerprint density at radius 3 is 2.09 bits per heavy atom. The number of ether oxygens (including phenoxy) is 2. The highest BCUT2D eigenvalue weighted by Crippen LogP contribution is 2.55. The van der Waals surface area contributed by atoms with E-state index in [4.69, 9.17) is 9.47 Å². The molecule has 0 unspecified atom stereocenters. The van der Waals surface area contributed by atoms with Gasteiger partial charge in [-0.05, 0) is 95.9 Å². The Kier molecular flexibility index (Phi) is 9.55. The Labute approximate surface area is 280 Å². The molecule has 7 nitrogen and oxygen atoms in total. The predicted molar refractivity (Wildman–Crippen MR) is 185 cm³/mol. The van der Waals surface area contributed by atoms with E-state index in [1.165, 1.54) is 0 Å². The van der Waals surface area contributed by atoms with Crippen LogP contribution in [0.15, 0.2) is 58.9 Å². The van der Waals surface area contributed by atoms with Crippen molar-refractivity contribution in [3.63, 3.8) is 0 Å². The highest BCUT2D eigenvalue weighted by atomic mass is 127. The third kappa shape index (κ3) is 6.86. The van der Waals surface area contributed by atoms with Gasteiger partial charge in [-0.25, -0.2) is 0 Å². The smallest absolute Gasteiger partial charge is 0.262 e. The zero-order valence-electron chi connectivity index (χ0n) is 27.6. The summed E-state index contributed by atoms with van der Waals surface area (Å²) in [6, 6.07) is 11.5. The van der Waals surface area contributed by atoms with Crippen LogP contribution in [0.2, 0.25) is 0 Å². The van der Waals surface area contributed by atoms with Crippen LogP contribution in [-0.4, -0.2) is 42.1 Å². The maximum Gasteiger partial charge on any atom is 0.262 e. The summed E-state index contributed by atoms with van der Waals surface area (Å²) in [5.41, 5.74) is 5.84. The summed E-state index contributed by atoms with van der Waals surface area (Å²) in [7, 11) is 0. The van der Waals surface area contributed by atoms with E-state index >= 15 is 0 Å². The van der Waals surface area contributed by atoms with Gasteiger partial charge in [0.15, 0.2) is 29.7 Å². The highest BCUT2D eigenvalue weighted by Gasteiger charge is 2.49. The number of carbonyl (C=O) groups is 3. The maximum absolute atomic E-state index is 14.1. The van der Waals surface area contributed by atoms with Gasteiger partial charge in [0, 0.05) is 53.5 Å². The molecule has 0 spiro atoms. The van der Waals surface area contributed by atoms with Gasteiger partial charge in [0.05, 0.1) is 10.2 Å². The molecular weight excluding hydrogens is 679 g/mol. The lowest BCUT2D eigenvalue weighted by molar-refractivity contribution is -0.120. The van der Waals surface area contributed by atoms with Crippen LogP contribution in [0.3, 0.4) is 0 Å². The van der Waals surface area contributed by atoms with Crippen LogP contribution >= 0.6 is 22.6 Å². The van der Waals surface area contributed by atoms with Crippen molar-refractivity contribution < 1.29 is 23.9 Å². The van der Waals surface area contributed by atoms with Gasteiger partial charge in [-0.15, -0.1) is 0 Å². The number of anilines is 1. The number of nitrogens with zero attached hydrogens (tertiary/aromatic N) is 1. The Hall–Kier alpha value is -3.14. The number of benzene rings is 2. The number of Topliss-reactive ketones (excluding diaryl/α,β-unsaturated/α-hetero) is 2. The number of nitrogens with one attached hydrogen (secondary N) is 1. The normalized spacial score (nSPS) is 19.3. The zero-order valence-corrected chi connectivity index (χ0v) is 29.7. The summed E-state index contributed by atoms with van der Waals surface area (Å²) < 4.78 is 12.9. The van der Waals surface area contributed by atoms with Gasteiger partial charge in [0.1, 0.15) is 0 Å². The molecule has 0 atom stereocenters. The maximum atomic E-state index is 14.1. The molecule has 0 bridgehead atoms. The van der Waals surface area contributed by atoms with Crippen molar-refractivity contribution in [3.05, 3.63) is 73.6 Å². The number of aryl methyl sites for hydroxylation is 1. The molecule has 1 amide bonds. The topological polar surface area (TPSA) is 84.9 Å². The molecule has 1 aliphatic heterocycles. The van der Waals surface area contributed by atoms with Crippen LogP contribution < -0.4 is 14.8 Å². The van der Waals surface area contributed by atoms with Gasteiger partial charge < -0.3 is 19.7 Å². The average Bonchev–Trinajstić information content (AvgIpc) is 2.93. The molecule has 45 heavy (non-hydrogen) atoms. The quantitative estimate of drug-likeness (QED) is 0.263. The SMILES string of the molecule is CCCN1C2=C(C(=O)CC(C)(C)C2)C(c2cc(I)c(OCC(=O)Nc3ccccc3C)c(OCC)c2)C2=C1CC(C)(C)CC2=O. The van der Waals surface area contributed by atoms with Crippen molar-refractivity contribution in [2.75, 3.05) is 25.1 Å². The molecule has 0 radical (unpaired) electrons. The molecule has 0 saturated carbocycles. The monoisotopic (exact) mass is 724 g/mol. The minimum atomic E-state index is -0.471. The first-order valence-corrected chi connectivity index (χ1v) is 17.1. The second-order valence-corrected chi connectivity index (χ2v) is 15.3. The molecule has 2 aliphatic carbocycles. The van der Waals surface area contributed by atoms with Gasteiger partial charge in [-0.3, -0.25) is 14.4 Å². The summed E-state index contributed by atoms with van der Waals surface area (Å²) in [5, 5.41) is 2.91. The number of carbonyl (C=O) groups excluding carboxylic acids is 3. The molecule has 0 fully saturated rings. The Morgan fingerprint density at radius 2 is 1.53 bits per heavy atom. The first kappa shape index (κ1) is 33.2. The first-order valence-electron chi connectivity index (χ1n) is 16.0. The molecular formula is C37H45IN2O5. The second-order valence-electron chi connectivity index (χ2n) is 14.1. The molecule has 2 aromatic carbocycles.